The zero-order valence-electron chi connectivity index (χ0n) is 17.8. The minimum absolute atomic E-state index is 0.0347. The van der Waals surface area contributed by atoms with Crippen LogP contribution in [0.4, 0.5) is 10.1 Å². The van der Waals surface area contributed by atoms with Gasteiger partial charge in [0.15, 0.2) is 5.82 Å². The number of hydrogen-bond acceptors (Lipinski definition) is 5. The van der Waals surface area contributed by atoms with Gasteiger partial charge in [-0.25, -0.2) is 14.1 Å². The molecule has 0 bridgehead atoms. The molecule has 34 heavy (non-hydrogen) atoms. The Morgan fingerprint density at radius 2 is 1.85 bits per heavy atom. The lowest BCUT2D eigenvalue weighted by Crippen LogP contribution is -2.18. The molecule has 9 heteroatoms. The maximum absolute atomic E-state index is 13.8. The highest BCUT2D eigenvalue weighted by Crippen LogP contribution is 2.26. The number of nitrogens with zero attached hydrogens (tertiary/aromatic N) is 4. The normalized spacial score (nSPS) is 10.9. The molecular weight excluding hydrogens is 453 g/mol. The van der Waals surface area contributed by atoms with Crippen LogP contribution in [-0.2, 0) is 6.54 Å². The Balaban J connectivity index is 1.38. The zero-order valence-corrected chi connectivity index (χ0v) is 18.6. The van der Waals surface area contributed by atoms with Crippen LogP contribution in [0.1, 0.15) is 16.2 Å². The van der Waals surface area contributed by atoms with E-state index in [1.54, 1.807) is 47.2 Å². The summed E-state index contributed by atoms with van der Waals surface area (Å²) in [5, 5.41) is 9.04. The van der Waals surface area contributed by atoms with Crippen molar-refractivity contribution in [3.8, 4) is 16.4 Å². The average Bonchev–Trinajstić information content (AvgIpc) is 3.52. The minimum Gasteiger partial charge on any atom is -0.319 e. The Kier molecular flexibility index (Phi) is 5.84. The fourth-order valence-electron chi connectivity index (χ4n) is 3.43. The van der Waals surface area contributed by atoms with Crippen molar-refractivity contribution in [2.24, 2.45) is 0 Å². The lowest BCUT2D eigenvalue weighted by atomic mass is 10.2. The maximum atomic E-state index is 13.8. The Morgan fingerprint density at radius 1 is 1.00 bits per heavy atom. The number of thiophene rings is 1. The SMILES string of the molecule is O=C(Nc1ccc(Cn2ccccc2=O)cc1)c1nc(-c2cccs2)n(-c2cccc(F)c2)n1. The molecule has 0 saturated carbocycles. The molecular formula is C25H18FN5O2S. The van der Waals surface area contributed by atoms with Crippen molar-refractivity contribution < 1.29 is 9.18 Å². The largest absolute Gasteiger partial charge is 0.319 e. The van der Waals surface area contributed by atoms with Gasteiger partial charge in [-0.05, 0) is 53.4 Å². The van der Waals surface area contributed by atoms with Crippen molar-refractivity contribution in [1.29, 1.82) is 0 Å². The molecule has 5 aromatic rings. The Bertz CT molecular complexity index is 1510. The van der Waals surface area contributed by atoms with Crippen LogP contribution >= 0.6 is 11.3 Å². The molecule has 0 aliphatic heterocycles. The number of carbonyl (C=O) groups excluding carboxylic acids is 1. The summed E-state index contributed by atoms with van der Waals surface area (Å²) in [4.78, 5) is 30.0. The smallest absolute Gasteiger partial charge is 0.295 e. The van der Waals surface area contributed by atoms with Gasteiger partial charge in [-0.1, -0.05) is 30.3 Å². The summed E-state index contributed by atoms with van der Waals surface area (Å²) in [6.45, 7) is 0.428. The Labute approximate surface area is 197 Å². The van der Waals surface area contributed by atoms with Gasteiger partial charge in [-0.15, -0.1) is 16.4 Å². The van der Waals surface area contributed by atoms with E-state index in [0.717, 1.165) is 10.4 Å². The second-order valence-electron chi connectivity index (χ2n) is 7.45. The van der Waals surface area contributed by atoms with Crippen LogP contribution in [0.3, 0.4) is 0 Å². The predicted octanol–water partition coefficient (Wildman–Crippen LogP) is 4.60. The van der Waals surface area contributed by atoms with E-state index in [9.17, 15) is 14.0 Å². The molecule has 5 rings (SSSR count). The van der Waals surface area contributed by atoms with Gasteiger partial charge in [-0.2, -0.15) is 0 Å². The molecule has 1 amide bonds. The Hall–Kier alpha value is -4.37. The lowest BCUT2D eigenvalue weighted by molar-refractivity contribution is 0.101. The van der Waals surface area contributed by atoms with Gasteiger partial charge < -0.3 is 9.88 Å². The molecule has 168 valence electrons. The minimum atomic E-state index is -0.486. The highest BCUT2D eigenvalue weighted by molar-refractivity contribution is 7.13. The molecule has 1 N–H and O–H groups in total. The summed E-state index contributed by atoms with van der Waals surface area (Å²) in [5.74, 6) is -0.476. The van der Waals surface area contributed by atoms with Gasteiger partial charge in [0.25, 0.3) is 11.5 Å². The highest BCUT2D eigenvalue weighted by Gasteiger charge is 2.20. The Morgan fingerprint density at radius 3 is 2.59 bits per heavy atom. The van der Waals surface area contributed by atoms with Crippen molar-refractivity contribution in [3.05, 3.63) is 118 Å². The second kappa shape index (κ2) is 9.24. The van der Waals surface area contributed by atoms with Crippen molar-refractivity contribution in [1.82, 2.24) is 19.3 Å². The first-order chi connectivity index (χ1) is 16.6. The zero-order chi connectivity index (χ0) is 23.5. The number of halogens is 1. The van der Waals surface area contributed by atoms with Crippen LogP contribution in [0.5, 0.6) is 0 Å². The van der Waals surface area contributed by atoms with Crippen molar-refractivity contribution in [3.63, 3.8) is 0 Å². The molecule has 3 aromatic heterocycles. The summed E-state index contributed by atoms with van der Waals surface area (Å²) in [7, 11) is 0. The first-order valence-corrected chi connectivity index (χ1v) is 11.3. The average molecular weight is 472 g/mol. The van der Waals surface area contributed by atoms with Gasteiger partial charge >= 0.3 is 0 Å². The third kappa shape index (κ3) is 4.55. The number of nitrogens with one attached hydrogen (secondary N) is 1. The molecule has 7 nitrogen and oxygen atoms in total. The van der Waals surface area contributed by atoms with E-state index in [1.165, 1.54) is 34.2 Å². The van der Waals surface area contributed by atoms with Crippen molar-refractivity contribution >= 4 is 22.9 Å². The number of pyridine rings is 1. The van der Waals surface area contributed by atoms with Crippen molar-refractivity contribution in [2.75, 3.05) is 5.32 Å². The third-order valence-electron chi connectivity index (χ3n) is 5.07. The van der Waals surface area contributed by atoms with Crippen LogP contribution in [-0.4, -0.2) is 25.2 Å². The molecule has 0 aliphatic carbocycles. The highest BCUT2D eigenvalue weighted by atomic mass is 32.1. The molecule has 2 aromatic carbocycles. The van der Waals surface area contributed by atoms with Crippen LogP contribution in [0.25, 0.3) is 16.4 Å². The van der Waals surface area contributed by atoms with Gasteiger partial charge in [-0.3, -0.25) is 9.59 Å². The van der Waals surface area contributed by atoms with E-state index in [1.807, 2.05) is 29.6 Å². The molecule has 0 unspecified atom stereocenters. The maximum Gasteiger partial charge on any atom is 0.295 e. The second-order valence-corrected chi connectivity index (χ2v) is 8.39. The van der Waals surface area contributed by atoms with Gasteiger partial charge in [0.05, 0.1) is 17.1 Å². The topological polar surface area (TPSA) is 81.8 Å². The van der Waals surface area contributed by atoms with Gasteiger partial charge in [0.1, 0.15) is 5.82 Å². The third-order valence-corrected chi connectivity index (χ3v) is 5.93. The monoisotopic (exact) mass is 471 g/mol. The molecule has 3 heterocycles. The fraction of sp³-hybridized carbons (Fsp3) is 0.0400. The van der Waals surface area contributed by atoms with Crippen LogP contribution in [0.2, 0.25) is 0 Å². The molecule has 0 fully saturated rings. The standard InChI is InChI=1S/C25H18FN5O2S/c26-18-5-3-6-20(15-18)31-24(21-7-4-14-34-21)28-23(29-31)25(33)27-19-11-9-17(10-12-19)16-30-13-2-1-8-22(30)32/h1-15H,16H2,(H,27,33). The number of amides is 1. The quantitative estimate of drug-likeness (QED) is 0.393. The molecule has 0 spiro atoms. The number of aromatic nitrogens is 4. The predicted molar refractivity (Wildman–Crippen MR) is 129 cm³/mol. The first kappa shape index (κ1) is 21.5. The van der Waals surface area contributed by atoms with E-state index in [-0.39, 0.29) is 11.4 Å². The van der Waals surface area contributed by atoms with E-state index in [4.69, 9.17) is 0 Å². The van der Waals surface area contributed by atoms with E-state index < -0.39 is 11.7 Å². The summed E-state index contributed by atoms with van der Waals surface area (Å²) in [5.41, 5.74) is 1.87. The van der Waals surface area contributed by atoms with Gasteiger partial charge in [0, 0.05) is 18.0 Å². The molecule has 0 radical (unpaired) electrons. The number of carbonyl (C=O) groups is 1. The van der Waals surface area contributed by atoms with Crippen LogP contribution < -0.4 is 10.9 Å². The summed E-state index contributed by atoms with van der Waals surface area (Å²) < 4.78 is 16.9. The van der Waals surface area contributed by atoms with E-state index >= 15 is 0 Å². The summed E-state index contributed by atoms with van der Waals surface area (Å²) in [6.07, 6.45) is 1.73. The van der Waals surface area contributed by atoms with E-state index in [2.05, 4.69) is 15.4 Å². The summed E-state index contributed by atoms with van der Waals surface area (Å²) in [6, 6.07) is 21.9. The lowest BCUT2D eigenvalue weighted by Gasteiger charge is -2.07. The van der Waals surface area contributed by atoms with Crippen LogP contribution in [0, 0.1) is 5.82 Å². The van der Waals surface area contributed by atoms with Gasteiger partial charge in [0.2, 0.25) is 5.82 Å². The van der Waals surface area contributed by atoms with Crippen molar-refractivity contribution in [2.45, 2.75) is 6.54 Å². The summed E-state index contributed by atoms with van der Waals surface area (Å²) >= 11 is 1.45. The number of hydrogen-bond donors (Lipinski definition) is 1. The number of rotatable bonds is 6. The number of anilines is 1. The fourth-order valence-corrected chi connectivity index (χ4v) is 4.13. The van der Waals surface area contributed by atoms with E-state index in [0.29, 0.717) is 23.7 Å². The number of benzene rings is 2. The van der Waals surface area contributed by atoms with Crippen LogP contribution in [0.15, 0.2) is 95.2 Å². The molecule has 0 atom stereocenters. The molecule has 0 aliphatic rings. The first-order valence-electron chi connectivity index (χ1n) is 10.4. The molecule has 0 saturated heterocycles.